The van der Waals surface area contributed by atoms with Crippen LogP contribution in [0.25, 0.3) is 5.82 Å². The van der Waals surface area contributed by atoms with Gasteiger partial charge in [-0.2, -0.15) is 5.10 Å². The van der Waals surface area contributed by atoms with Gasteiger partial charge in [-0.05, 0) is 45.2 Å². The van der Waals surface area contributed by atoms with Crippen molar-refractivity contribution < 1.29 is 4.74 Å². The van der Waals surface area contributed by atoms with Crippen LogP contribution in [0.3, 0.4) is 0 Å². The predicted octanol–water partition coefficient (Wildman–Crippen LogP) is 1.23. The summed E-state index contributed by atoms with van der Waals surface area (Å²) in [5, 5.41) is 9.01. The fraction of sp³-hybridized carbons (Fsp3) is 0.667. The summed E-state index contributed by atoms with van der Waals surface area (Å²) in [5.41, 5.74) is 1.89. The van der Waals surface area contributed by atoms with Gasteiger partial charge >= 0.3 is 0 Å². The number of aromatic nitrogens is 4. The predicted molar refractivity (Wildman–Crippen MR) is 112 cm³/mol. The number of aryl methyl sites for hydroxylation is 2. The minimum Gasteiger partial charge on any atom is -0.377 e. The van der Waals surface area contributed by atoms with E-state index in [0.717, 1.165) is 57.3 Å². The van der Waals surface area contributed by atoms with Crippen LogP contribution in [-0.2, 0) is 11.3 Å². The molecular weight excluding hydrogens is 368 g/mol. The molecule has 2 aromatic rings. The number of piperazine rings is 1. The monoisotopic (exact) mass is 400 g/mol. The van der Waals surface area contributed by atoms with E-state index in [2.05, 4.69) is 20.0 Å². The van der Waals surface area contributed by atoms with Crippen LogP contribution in [0.4, 0.5) is 0 Å². The van der Waals surface area contributed by atoms with Crippen LogP contribution < -0.4 is 5.56 Å². The molecule has 2 aliphatic heterocycles. The van der Waals surface area contributed by atoms with Gasteiger partial charge in [-0.15, -0.1) is 5.10 Å². The zero-order chi connectivity index (χ0) is 20.2. The Bertz CT molecular complexity index is 862. The Hall–Kier alpha value is -2.03. The van der Waals surface area contributed by atoms with E-state index < -0.39 is 0 Å². The Morgan fingerprint density at radius 3 is 2.52 bits per heavy atom. The van der Waals surface area contributed by atoms with Crippen molar-refractivity contribution in [1.29, 1.82) is 0 Å². The van der Waals surface area contributed by atoms with E-state index in [0.29, 0.717) is 18.5 Å². The molecule has 0 aromatic carbocycles. The van der Waals surface area contributed by atoms with Gasteiger partial charge in [0.2, 0.25) is 0 Å². The highest BCUT2D eigenvalue weighted by atomic mass is 16.5. The quantitative estimate of drug-likeness (QED) is 0.727. The molecule has 1 atom stereocenters. The highest BCUT2D eigenvalue weighted by molar-refractivity contribution is 5.23. The topological polar surface area (TPSA) is 68.4 Å². The maximum absolute atomic E-state index is 12.3. The van der Waals surface area contributed by atoms with Crippen molar-refractivity contribution in [3.8, 4) is 5.82 Å². The summed E-state index contributed by atoms with van der Waals surface area (Å²) in [6, 6.07) is 5.33. The average molecular weight is 401 g/mol. The average Bonchev–Trinajstić information content (AvgIpc) is 3.07. The highest BCUT2D eigenvalue weighted by Gasteiger charge is 2.22. The van der Waals surface area contributed by atoms with Crippen LogP contribution in [0.1, 0.15) is 30.7 Å². The van der Waals surface area contributed by atoms with Gasteiger partial charge in [-0.1, -0.05) is 0 Å². The Morgan fingerprint density at radius 1 is 1.03 bits per heavy atom. The van der Waals surface area contributed by atoms with E-state index in [1.54, 1.807) is 21.5 Å². The summed E-state index contributed by atoms with van der Waals surface area (Å²) in [6.45, 7) is 11.5. The molecule has 1 unspecified atom stereocenters. The van der Waals surface area contributed by atoms with E-state index in [1.165, 1.54) is 19.3 Å². The molecule has 4 rings (SSSR count). The van der Waals surface area contributed by atoms with Gasteiger partial charge in [-0.3, -0.25) is 14.6 Å². The number of ether oxygens (including phenoxy) is 1. The minimum absolute atomic E-state index is 0.0663. The molecule has 0 bridgehead atoms. The Labute approximate surface area is 172 Å². The fourth-order valence-electron chi connectivity index (χ4n) is 4.24. The van der Waals surface area contributed by atoms with Gasteiger partial charge in [0, 0.05) is 57.6 Å². The Morgan fingerprint density at radius 2 is 1.83 bits per heavy atom. The molecule has 0 spiro atoms. The fourth-order valence-corrected chi connectivity index (χ4v) is 4.24. The molecule has 2 aliphatic rings. The summed E-state index contributed by atoms with van der Waals surface area (Å²) in [5.74, 6) is 0.688. The maximum Gasteiger partial charge on any atom is 0.266 e. The Balaban J connectivity index is 1.30. The first-order chi connectivity index (χ1) is 14.1. The minimum atomic E-state index is -0.0663. The SMILES string of the molecule is Cc1cc(C)n(-c2ccc(=O)n(CCN3CCN(CC4CCCCO4)CC3)n2)n1. The highest BCUT2D eigenvalue weighted by Crippen LogP contribution is 2.15. The van der Waals surface area contributed by atoms with Crippen molar-refractivity contribution >= 4 is 0 Å². The summed E-state index contributed by atoms with van der Waals surface area (Å²) in [4.78, 5) is 17.2. The van der Waals surface area contributed by atoms with Crippen molar-refractivity contribution in [2.75, 3.05) is 45.9 Å². The molecule has 0 amide bonds. The second-order valence-electron chi connectivity index (χ2n) is 8.22. The van der Waals surface area contributed by atoms with Gasteiger partial charge in [0.1, 0.15) is 0 Å². The van der Waals surface area contributed by atoms with Crippen LogP contribution >= 0.6 is 0 Å². The van der Waals surface area contributed by atoms with E-state index in [4.69, 9.17) is 4.74 Å². The van der Waals surface area contributed by atoms with Gasteiger partial charge in [0.15, 0.2) is 5.82 Å². The molecule has 2 aromatic heterocycles. The zero-order valence-corrected chi connectivity index (χ0v) is 17.6. The van der Waals surface area contributed by atoms with E-state index in [-0.39, 0.29) is 5.56 Å². The number of rotatable bonds is 6. The normalized spacial score (nSPS) is 21.5. The molecule has 8 nitrogen and oxygen atoms in total. The first kappa shape index (κ1) is 20.3. The van der Waals surface area contributed by atoms with E-state index in [1.807, 2.05) is 19.9 Å². The number of hydrogen-bond acceptors (Lipinski definition) is 6. The lowest BCUT2D eigenvalue weighted by molar-refractivity contribution is -0.0142. The third-order valence-corrected chi connectivity index (χ3v) is 5.91. The van der Waals surface area contributed by atoms with Crippen molar-refractivity contribution in [3.63, 3.8) is 0 Å². The summed E-state index contributed by atoms with van der Waals surface area (Å²) >= 11 is 0. The second kappa shape index (κ2) is 9.19. The largest absolute Gasteiger partial charge is 0.377 e. The van der Waals surface area contributed by atoms with Crippen molar-refractivity contribution in [2.45, 2.75) is 45.8 Å². The number of nitrogens with zero attached hydrogens (tertiary/aromatic N) is 6. The lowest BCUT2D eigenvalue weighted by Crippen LogP contribution is -2.50. The maximum atomic E-state index is 12.3. The molecular formula is C21H32N6O2. The molecule has 29 heavy (non-hydrogen) atoms. The lowest BCUT2D eigenvalue weighted by Gasteiger charge is -2.37. The molecule has 0 N–H and O–H groups in total. The van der Waals surface area contributed by atoms with Crippen molar-refractivity contribution in [1.82, 2.24) is 29.4 Å². The summed E-state index contributed by atoms with van der Waals surface area (Å²) in [7, 11) is 0. The molecule has 0 aliphatic carbocycles. The Kier molecular flexibility index (Phi) is 6.42. The van der Waals surface area contributed by atoms with Crippen LogP contribution in [0.2, 0.25) is 0 Å². The van der Waals surface area contributed by atoms with Gasteiger partial charge in [0.05, 0.1) is 18.3 Å². The van der Waals surface area contributed by atoms with Gasteiger partial charge in [0.25, 0.3) is 5.56 Å². The first-order valence-electron chi connectivity index (χ1n) is 10.8. The number of hydrogen-bond donors (Lipinski definition) is 0. The summed E-state index contributed by atoms with van der Waals surface area (Å²) in [6.07, 6.45) is 4.11. The zero-order valence-electron chi connectivity index (χ0n) is 17.6. The molecule has 2 fully saturated rings. The molecule has 4 heterocycles. The standard InChI is InChI=1S/C21H32N6O2/c1-17-15-18(2)27(22-17)20-6-7-21(28)26(23-20)13-12-24-8-10-25(11-9-24)16-19-5-3-4-14-29-19/h6-7,15,19H,3-5,8-14,16H2,1-2H3. The molecule has 0 saturated carbocycles. The molecule has 2 saturated heterocycles. The second-order valence-corrected chi connectivity index (χ2v) is 8.22. The van der Waals surface area contributed by atoms with Gasteiger partial charge < -0.3 is 4.74 Å². The van der Waals surface area contributed by atoms with E-state index in [9.17, 15) is 4.79 Å². The van der Waals surface area contributed by atoms with Crippen LogP contribution in [0.15, 0.2) is 23.0 Å². The third-order valence-electron chi connectivity index (χ3n) is 5.91. The first-order valence-corrected chi connectivity index (χ1v) is 10.8. The molecule has 8 heteroatoms. The third kappa shape index (κ3) is 5.12. The summed E-state index contributed by atoms with van der Waals surface area (Å²) < 4.78 is 9.23. The van der Waals surface area contributed by atoms with Crippen molar-refractivity contribution in [3.05, 3.63) is 39.9 Å². The van der Waals surface area contributed by atoms with E-state index >= 15 is 0 Å². The molecule has 158 valence electrons. The molecule has 0 radical (unpaired) electrons. The smallest absolute Gasteiger partial charge is 0.266 e. The van der Waals surface area contributed by atoms with Crippen molar-refractivity contribution in [2.24, 2.45) is 0 Å². The van der Waals surface area contributed by atoms with Crippen LogP contribution in [-0.4, -0.2) is 81.3 Å². The van der Waals surface area contributed by atoms with Crippen LogP contribution in [0, 0.1) is 13.8 Å². The van der Waals surface area contributed by atoms with Crippen LogP contribution in [0.5, 0.6) is 0 Å². The van der Waals surface area contributed by atoms with Gasteiger partial charge in [-0.25, -0.2) is 9.36 Å². The lowest BCUT2D eigenvalue weighted by atomic mass is 10.1.